The lowest BCUT2D eigenvalue weighted by Crippen LogP contribution is -2.43. The summed E-state index contributed by atoms with van der Waals surface area (Å²) in [6.45, 7) is 4.93. The monoisotopic (exact) mass is 622 g/mol. The lowest BCUT2D eigenvalue weighted by Gasteiger charge is -2.31. The molecule has 2 aromatic carbocycles. The van der Waals surface area contributed by atoms with Crippen LogP contribution >= 0.6 is 0 Å². The van der Waals surface area contributed by atoms with Gasteiger partial charge in [-0.15, -0.1) is 0 Å². The third-order valence-corrected chi connectivity index (χ3v) is 11.7. The van der Waals surface area contributed by atoms with E-state index in [0.717, 1.165) is 30.4 Å². The van der Waals surface area contributed by atoms with Gasteiger partial charge in [0, 0.05) is 36.8 Å². The normalized spacial score (nSPS) is 28.0. The lowest BCUT2D eigenvalue weighted by atomic mass is 9.90. The smallest absolute Gasteiger partial charge is 0.306 e. The minimum absolute atomic E-state index is 0.00325. The molecule has 9 nitrogen and oxygen atoms in total. The standard InChI is InChI=1S/C34H42N2O7S/c1-22(2)17-36(44(39,40)27-10-8-26(9-11-27)34(21-35)12-13-34)18-30(37)24(14-23-6-4-3-5-7-23)16-31(38)43-32-25-15-28-29(32)20-42-33(28)41-19-25/h3-11,22,24-25,28-30,32-33,37H,12-20H2,1-2H3/t24-,25?,28?,29?,30-,32?,33?/m1/s1. The summed E-state index contributed by atoms with van der Waals surface area (Å²) in [6, 6.07) is 18.5. The van der Waals surface area contributed by atoms with Gasteiger partial charge in [0.1, 0.15) is 6.10 Å². The van der Waals surface area contributed by atoms with Gasteiger partial charge in [0.2, 0.25) is 10.0 Å². The van der Waals surface area contributed by atoms with Gasteiger partial charge >= 0.3 is 5.97 Å². The number of hydrogen-bond acceptors (Lipinski definition) is 8. The summed E-state index contributed by atoms with van der Waals surface area (Å²) in [5.41, 5.74) is 1.27. The van der Waals surface area contributed by atoms with Crippen molar-refractivity contribution in [3.8, 4) is 6.07 Å². The lowest BCUT2D eigenvalue weighted by molar-refractivity contribution is -0.178. The van der Waals surface area contributed by atoms with Crippen LogP contribution in [-0.4, -0.2) is 68.6 Å². The summed E-state index contributed by atoms with van der Waals surface area (Å²) in [4.78, 5) is 13.5. The van der Waals surface area contributed by atoms with E-state index in [2.05, 4.69) is 6.07 Å². The molecule has 2 saturated carbocycles. The molecule has 2 aromatic rings. The van der Waals surface area contributed by atoms with Crippen LogP contribution in [0.25, 0.3) is 0 Å². The van der Waals surface area contributed by atoms with Crippen LogP contribution in [0.1, 0.15) is 50.7 Å². The Morgan fingerprint density at radius 3 is 2.43 bits per heavy atom. The van der Waals surface area contributed by atoms with Crippen LogP contribution in [0.3, 0.4) is 0 Å². The van der Waals surface area contributed by atoms with Crippen molar-refractivity contribution >= 4 is 16.0 Å². The molecule has 2 aliphatic carbocycles. The van der Waals surface area contributed by atoms with Crippen LogP contribution in [0.5, 0.6) is 0 Å². The number of benzene rings is 2. The number of nitriles is 1. The van der Waals surface area contributed by atoms with E-state index in [4.69, 9.17) is 14.2 Å². The number of hydrogen-bond donors (Lipinski definition) is 1. The highest BCUT2D eigenvalue weighted by Crippen LogP contribution is 2.50. The zero-order chi connectivity index (χ0) is 31.1. The van der Waals surface area contributed by atoms with Crippen LogP contribution < -0.4 is 0 Å². The maximum absolute atomic E-state index is 13.9. The summed E-state index contributed by atoms with van der Waals surface area (Å²) in [5.74, 6) is -0.444. The van der Waals surface area contributed by atoms with E-state index in [-0.39, 0.29) is 60.5 Å². The summed E-state index contributed by atoms with van der Waals surface area (Å²) in [7, 11) is -3.96. The van der Waals surface area contributed by atoms with Crippen LogP contribution in [0.2, 0.25) is 0 Å². The van der Waals surface area contributed by atoms with Gasteiger partial charge in [-0.3, -0.25) is 4.79 Å². The van der Waals surface area contributed by atoms with Crippen LogP contribution in [0.15, 0.2) is 59.5 Å². The van der Waals surface area contributed by atoms with Crippen molar-refractivity contribution in [2.24, 2.45) is 29.6 Å². The topological polar surface area (TPSA) is 126 Å². The molecule has 2 saturated heterocycles. The molecule has 2 bridgehead atoms. The molecule has 4 aliphatic rings. The fourth-order valence-electron chi connectivity index (χ4n) is 7.25. The predicted molar refractivity (Wildman–Crippen MR) is 161 cm³/mol. The first kappa shape index (κ1) is 31.2. The van der Waals surface area contributed by atoms with Gasteiger partial charge in [0.05, 0.1) is 42.1 Å². The molecular formula is C34H42N2O7S. The molecule has 4 fully saturated rings. The molecular weight excluding hydrogens is 580 g/mol. The van der Waals surface area contributed by atoms with Crippen molar-refractivity contribution in [2.75, 3.05) is 26.3 Å². The Balaban J connectivity index is 1.19. The van der Waals surface area contributed by atoms with Gasteiger partial charge in [0.15, 0.2) is 6.29 Å². The Morgan fingerprint density at radius 2 is 1.77 bits per heavy atom. The van der Waals surface area contributed by atoms with Gasteiger partial charge < -0.3 is 19.3 Å². The Morgan fingerprint density at radius 1 is 1.07 bits per heavy atom. The number of sulfonamides is 1. The fraction of sp³-hybridized carbons (Fsp3) is 0.588. The molecule has 7 atom stereocenters. The molecule has 0 radical (unpaired) electrons. The summed E-state index contributed by atoms with van der Waals surface area (Å²) in [5, 5.41) is 21.2. The fourth-order valence-corrected chi connectivity index (χ4v) is 8.87. The van der Waals surface area contributed by atoms with Gasteiger partial charge in [-0.05, 0) is 54.9 Å². The van der Waals surface area contributed by atoms with Crippen LogP contribution in [0.4, 0.5) is 0 Å². The molecule has 6 rings (SSSR count). The zero-order valence-electron chi connectivity index (χ0n) is 25.4. The molecule has 44 heavy (non-hydrogen) atoms. The van der Waals surface area contributed by atoms with Gasteiger partial charge in [-0.2, -0.15) is 9.57 Å². The molecule has 0 spiro atoms. The highest BCUT2D eigenvalue weighted by Gasteiger charge is 2.56. The van der Waals surface area contributed by atoms with E-state index in [1.54, 1.807) is 24.3 Å². The molecule has 5 unspecified atom stereocenters. The molecule has 0 amide bonds. The molecule has 2 heterocycles. The second kappa shape index (κ2) is 12.5. The number of aliphatic hydroxyl groups excluding tert-OH is 1. The van der Waals surface area contributed by atoms with Crippen molar-refractivity contribution < 1.29 is 32.5 Å². The summed E-state index contributed by atoms with van der Waals surface area (Å²) in [6.07, 6.45) is 1.23. The molecule has 236 valence electrons. The number of fused-ring (bicyclic) bond motifs is 1. The average molecular weight is 623 g/mol. The third-order valence-electron chi connectivity index (χ3n) is 9.84. The Bertz CT molecular complexity index is 1470. The molecule has 2 aliphatic heterocycles. The highest BCUT2D eigenvalue weighted by atomic mass is 32.2. The van der Waals surface area contributed by atoms with E-state index < -0.39 is 33.4 Å². The van der Waals surface area contributed by atoms with Gasteiger partial charge in [0.25, 0.3) is 0 Å². The van der Waals surface area contributed by atoms with Crippen molar-refractivity contribution in [3.63, 3.8) is 0 Å². The SMILES string of the molecule is CC(C)CN(C[C@@H](O)[C@@H](CC(=O)OC1C2COC3OCC1C3C2)Cc1ccccc1)S(=O)(=O)c1ccc(C2(C#N)CC2)cc1. The number of esters is 1. The first-order chi connectivity index (χ1) is 21.1. The van der Waals surface area contributed by atoms with Crippen LogP contribution in [0, 0.1) is 40.9 Å². The van der Waals surface area contributed by atoms with E-state index in [0.29, 0.717) is 19.6 Å². The average Bonchev–Trinajstić information content (AvgIpc) is 3.63. The number of carbonyl (C=O) groups is 1. The zero-order valence-corrected chi connectivity index (χ0v) is 26.2. The van der Waals surface area contributed by atoms with Crippen molar-refractivity contribution in [3.05, 3.63) is 65.7 Å². The number of ether oxygens (including phenoxy) is 3. The Kier molecular flexibility index (Phi) is 8.88. The van der Waals surface area contributed by atoms with E-state index in [1.165, 1.54) is 4.31 Å². The quantitative estimate of drug-likeness (QED) is 0.332. The largest absolute Gasteiger partial charge is 0.462 e. The molecule has 1 N–H and O–H groups in total. The van der Waals surface area contributed by atoms with E-state index in [9.17, 15) is 23.6 Å². The maximum atomic E-state index is 13.9. The summed E-state index contributed by atoms with van der Waals surface area (Å²) >= 11 is 0. The number of aliphatic hydroxyl groups is 1. The first-order valence-corrected chi connectivity index (χ1v) is 17.2. The third kappa shape index (κ3) is 6.31. The molecule has 0 aromatic heterocycles. The van der Waals surface area contributed by atoms with Crippen molar-refractivity contribution in [2.45, 2.75) is 74.8 Å². The van der Waals surface area contributed by atoms with Gasteiger partial charge in [-0.25, -0.2) is 8.42 Å². The van der Waals surface area contributed by atoms with E-state index >= 15 is 0 Å². The second-order valence-electron chi connectivity index (χ2n) is 13.5. The number of rotatable bonds is 13. The van der Waals surface area contributed by atoms with Crippen LogP contribution in [-0.2, 0) is 40.9 Å². The summed E-state index contributed by atoms with van der Waals surface area (Å²) < 4.78 is 46.8. The first-order valence-electron chi connectivity index (χ1n) is 15.8. The second-order valence-corrected chi connectivity index (χ2v) is 15.4. The maximum Gasteiger partial charge on any atom is 0.306 e. The Labute approximate surface area is 260 Å². The predicted octanol–water partition coefficient (Wildman–Crippen LogP) is 4.05. The van der Waals surface area contributed by atoms with Crippen molar-refractivity contribution in [1.82, 2.24) is 4.31 Å². The molecule has 10 heteroatoms. The minimum atomic E-state index is -3.96. The minimum Gasteiger partial charge on any atom is -0.462 e. The van der Waals surface area contributed by atoms with Crippen molar-refractivity contribution in [1.29, 1.82) is 5.26 Å². The number of nitrogens with zero attached hydrogens (tertiary/aromatic N) is 2. The van der Waals surface area contributed by atoms with E-state index in [1.807, 2.05) is 44.2 Å². The highest BCUT2D eigenvalue weighted by molar-refractivity contribution is 7.89. The number of carbonyl (C=O) groups excluding carboxylic acids is 1. The van der Waals surface area contributed by atoms with Gasteiger partial charge in [-0.1, -0.05) is 56.3 Å². The Hall–Kier alpha value is -2.81.